The van der Waals surface area contributed by atoms with E-state index in [1.165, 1.54) is 17.7 Å². The largest absolute Gasteiger partial charge is 0.358 e. The smallest absolute Gasteiger partial charge is 0.233 e. The number of hydrogen-bond acceptors (Lipinski definition) is 3. The summed E-state index contributed by atoms with van der Waals surface area (Å²) in [6, 6.07) is 4.82. The minimum atomic E-state index is 0.110. The number of carbonyl (C=O) groups is 1. The first-order valence-corrected chi connectivity index (χ1v) is 6.14. The van der Waals surface area contributed by atoms with Crippen molar-refractivity contribution in [2.45, 2.75) is 25.4 Å². The van der Waals surface area contributed by atoms with Crippen molar-refractivity contribution in [2.75, 3.05) is 13.6 Å². The van der Waals surface area contributed by atoms with Crippen LogP contribution in [0.2, 0.25) is 0 Å². The maximum absolute atomic E-state index is 11.3. The molecule has 0 unspecified atom stereocenters. The molecule has 0 spiro atoms. The molecule has 0 radical (unpaired) electrons. The second-order valence-electron chi connectivity index (χ2n) is 3.89. The van der Waals surface area contributed by atoms with Crippen LogP contribution in [0.25, 0.3) is 0 Å². The number of carbonyl (C=O) groups excluding carboxylic acids is 1. The summed E-state index contributed by atoms with van der Waals surface area (Å²) in [5.41, 5.74) is 0. The van der Waals surface area contributed by atoms with Crippen molar-refractivity contribution in [2.24, 2.45) is 0 Å². The Kier molecular flexibility index (Phi) is 3.38. The van der Waals surface area contributed by atoms with Crippen LogP contribution in [0.15, 0.2) is 17.5 Å². The van der Waals surface area contributed by atoms with Crippen LogP contribution in [0.5, 0.6) is 0 Å². The van der Waals surface area contributed by atoms with Crippen molar-refractivity contribution in [3.63, 3.8) is 0 Å². The molecule has 1 saturated carbocycles. The Labute approximate surface area is 94.1 Å². The van der Waals surface area contributed by atoms with Gasteiger partial charge in [-0.25, -0.2) is 0 Å². The lowest BCUT2D eigenvalue weighted by Gasteiger charge is -2.19. The first-order valence-electron chi connectivity index (χ1n) is 5.26. The molecule has 1 N–H and O–H groups in total. The highest BCUT2D eigenvalue weighted by Crippen LogP contribution is 2.28. The lowest BCUT2D eigenvalue weighted by Crippen LogP contribution is -2.36. The zero-order valence-electron chi connectivity index (χ0n) is 8.90. The molecule has 1 amide bonds. The van der Waals surface area contributed by atoms with Crippen LogP contribution in [0.3, 0.4) is 0 Å². The summed E-state index contributed by atoms with van der Waals surface area (Å²) in [5.74, 6) is 0.110. The summed E-state index contributed by atoms with van der Waals surface area (Å²) >= 11 is 1.76. The van der Waals surface area contributed by atoms with E-state index in [0.717, 1.165) is 6.54 Å². The third-order valence-electron chi connectivity index (χ3n) is 2.63. The summed E-state index contributed by atoms with van der Waals surface area (Å²) in [6.07, 6.45) is 2.48. The van der Waals surface area contributed by atoms with Crippen molar-refractivity contribution in [1.82, 2.24) is 10.2 Å². The van der Waals surface area contributed by atoms with Crippen LogP contribution in [-0.4, -0.2) is 30.4 Å². The van der Waals surface area contributed by atoms with Gasteiger partial charge in [0.2, 0.25) is 5.91 Å². The first kappa shape index (κ1) is 10.6. The number of amides is 1. The van der Waals surface area contributed by atoms with Crippen molar-refractivity contribution >= 4 is 17.2 Å². The van der Waals surface area contributed by atoms with Crippen molar-refractivity contribution in [1.29, 1.82) is 0 Å². The van der Waals surface area contributed by atoms with Gasteiger partial charge in [0, 0.05) is 24.5 Å². The number of hydrogen-bond donors (Lipinski definition) is 1. The Bertz CT molecular complexity index is 319. The molecule has 1 fully saturated rings. The highest BCUT2D eigenvalue weighted by Gasteiger charge is 2.30. The van der Waals surface area contributed by atoms with Gasteiger partial charge in [-0.1, -0.05) is 6.07 Å². The van der Waals surface area contributed by atoms with E-state index in [4.69, 9.17) is 0 Å². The average Bonchev–Trinajstić information content (AvgIpc) is 2.97. The number of rotatable bonds is 5. The highest BCUT2D eigenvalue weighted by atomic mass is 32.1. The van der Waals surface area contributed by atoms with E-state index in [0.29, 0.717) is 12.6 Å². The second kappa shape index (κ2) is 4.77. The van der Waals surface area contributed by atoms with E-state index in [1.807, 2.05) is 0 Å². The van der Waals surface area contributed by atoms with E-state index >= 15 is 0 Å². The van der Waals surface area contributed by atoms with Gasteiger partial charge in [0.15, 0.2) is 0 Å². The van der Waals surface area contributed by atoms with E-state index in [2.05, 4.69) is 27.7 Å². The van der Waals surface area contributed by atoms with Gasteiger partial charge in [0.1, 0.15) is 0 Å². The fraction of sp³-hybridized carbons (Fsp3) is 0.545. The van der Waals surface area contributed by atoms with Crippen LogP contribution in [0, 0.1) is 0 Å². The first-order chi connectivity index (χ1) is 7.29. The lowest BCUT2D eigenvalue weighted by atomic mass is 10.3. The second-order valence-corrected chi connectivity index (χ2v) is 4.92. The lowest BCUT2D eigenvalue weighted by molar-refractivity contribution is -0.122. The maximum atomic E-state index is 11.3. The number of nitrogens with one attached hydrogen (secondary N) is 1. The molecular formula is C11H16N2OS. The Morgan fingerprint density at radius 2 is 2.47 bits per heavy atom. The van der Waals surface area contributed by atoms with Gasteiger partial charge in [-0.3, -0.25) is 9.69 Å². The molecule has 1 aromatic rings. The molecule has 0 bridgehead atoms. The highest BCUT2D eigenvalue weighted by molar-refractivity contribution is 7.09. The molecule has 0 atom stereocenters. The summed E-state index contributed by atoms with van der Waals surface area (Å²) < 4.78 is 0. The zero-order valence-corrected chi connectivity index (χ0v) is 9.72. The molecule has 0 aliphatic heterocycles. The van der Waals surface area contributed by atoms with Gasteiger partial charge >= 0.3 is 0 Å². The summed E-state index contributed by atoms with van der Waals surface area (Å²) in [6.45, 7) is 1.44. The van der Waals surface area contributed by atoms with Crippen LogP contribution >= 0.6 is 11.3 Å². The SMILES string of the molecule is CNC(=O)CN(Cc1cccs1)C1CC1. The number of likely N-dealkylation sites (N-methyl/N-ethyl adjacent to an activating group) is 1. The maximum Gasteiger partial charge on any atom is 0.233 e. The summed E-state index contributed by atoms with van der Waals surface area (Å²) in [5, 5.41) is 4.76. The molecule has 15 heavy (non-hydrogen) atoms. The Hall–Kier alpha value is -0.870. The molecule has 1 aliphatic rings. The fourth-order valence-corrected chi connectivity index (χ4v) is 2.35. The molecule has 0 saturated heterocycles. The van der Waals surface area contributed by atoms with Crippen LogP contribution in [0.4, 0.5) is 0 Å². The van der Waals surface area contributed by atoms with Crippen LogP contribution in [0.1, 0.15) is 17.7 Å². The standard InChI is InChI=1S/C11H16N2OS/c1-12-11(14)8-13(9-4-5-9)7-10-3-2-6-15-10/h2-3,6,9H,4-5,7-8H2,1H3,(H,12,14). The molecule has 1 aromatic heterocycles. The van der Waals surface area contributed by atoms with Crippen LogP contribution in [-0.2, 0) is 11.3 Å². The molecule has 4 heteroatoms. The normalized spacial score (nSPS) is 15.6. The topological polar surface area (TPSA) is 32.3 Å². The van der Waals surface area contributed by atoms with E-state index in [9.17, 15) is 4.79 Å². The van der Waals surface area contributed by atoms with Crippen molar-refractivity contribution < 1.29 is 4.79 Å². The third kappa shape index (κ3) is 3.04. The van der Waals surface area contributed by atoms with Crippen molar-refractivity contribution in [3.05, 3.63) is 22.4 Å². The Morgan fingerprint density at radius 1 is 1.67 bits per heavy atom. The monoisotopic (exact) mass is 224 g/mol. The van der Waals surface area contributed by atoms with Gasteiger partial charge in [-0.15, -0.1) is 11.3 Å². The molecule has 0 aromatic carbocycles. The van der Waals surface area contributed by atoms with E-state index in [-0.39, 0.29) is 5.91 Å². The predicted octanol–water partition coefficient (Wildman–Crippen LogP) is 1.46. The minimum absolute atomic E-state index is 0.110. The van der Waals surface area contributed by atoms with Gasteiger partial charge in [-0.2, -0.15) is 0 Å². The molecular weight excluding hydrogens is 208 g/mol. The van der Waals surface area contributed by atoms with Gasteiger partial charge in [0.25, 0.3) is 0 Å². The number of nitrogens with zero attached hydrogens (tertiary/aromatic N) is 1. The predicted molar refractivity (Wildman–Crippen MR) is 61.8 cm³/mol. The van der Waals surface area contributed by atoms with Gasteiger partial charge in [0.05, 0.1) is 6.54 Å². The molecule has 1 heterocycles. The van der Waals surface area contributed by atoms with Gasteiger partial charge < -0.3 is 5.32 Å². The fourth-order valence-electron chi connectivity index (χ4n) is 1.62. The third-order valence-corrected chi connectivity index (χ3v) is 3.49. The summed E-state index contributed by atoms with van der Waals surface area (Å²) in [4.78, 5) is 14.9. The van der Waals surface area contributed by atoms with Gasteiger partial charge in [-0.05, 0) is 24.3 Å². The molecule has 1 aliphatic carbocycles. The molecule has 3 nitrogen and oxygen atoms in total. The molecule has 82 valence electrons. The minimum Gasteiger partial charge on any atom is -0.358 e. The average molecular weight is 224 g/mol. The van der Waals surface area contributed by atoms with E-state index in [1.54, 1.807) is 18.4 Å². The Balaban J connectivity index is 1.91. The van der Waals surface area contributed by atoms with E-state index < -0.39 is 0 Å². The molecule has 2 rings (SSSR count). The number of thiophene rings is 1. The Morgan fingerprint density at radius 3 is 3.00 bits per heavy atom. The quantitative estimate of drug-likeness (QED) is 0.821. The summed E-state index contributed by atoms with van der Waals surface area (Å²) in [7, 11) is 1.69. The zero-order chi connectivity index (χ0) is 10.7. The van der Waals surface area contributed by atoms with Crippen LogP contribution < -0.4 is 5.32 Å². The van der Waals surface area contributed by atoms with Crippen molar-refractivity contribution in [3.8, 4) is 0 Å².